The van der Waals surface area contributed by atoms with Gasteiger partial charge in [-0.25, -0.2) is 4.79 Å². The van der Waals surface area contributed by atoms with E-state index in [1.807, 2.05) is 24.3 Å². The largest absolute Gasteiger partial charge is 0.480 e. The van der Waals surface area contributed by atoms with Gasteiger partial charge in [-0.3, -0.25) is 4.79 Å². The van der Waals surface area contributed by atoms with Crippen LogP contribution < -0.4 is 5.32 Å². The van der Waals surface area contributed by atoms with E-state index in [0.717, 1.165) is 22.9 Å². The van der Waals surface area contributed by atoms with Gasteiger partial charge < -0.3 is 10.4 Å². The van der Waals surface area contributed by atoms with Crippen LogP contribution in [0, 0.1) is 5.92 Å². The smallest absolute Gasteiger partial charge is 0.326 e. The molecular weight excluding hydrogens is 310 g/mol. The van der Waals surface area contributed by atoms with E-state index in [2.05, 4.69) is 21.2 Å². The van der Waals surface area contributed by atoms with Crippen molar-refractivity contribution >= 4 is 27.8 Å². The van der Waals surface area contributed by atoms with E-state index in [4.69, 9.17) is 5.11 Å². The molecule has 0 bridgehead atoms. The second-order valence-electron chi connectivity index (χ2n) is 4.81. The molecule has 0 spiro atoms. The van der Waals surface area contributed by atoms with Gasteiger partial charge in [0.25, 0.3) is 0 Å². The standard InChI is InChI=1S/C14H16BrNO3/c15-11-4-2-1-3-9(11)7-8-12(17)16-13(14(18)19)10-5-6-10/h1-4,10,13H,5-8H2,(H,16,17)(H,18,19). The average molecular weight is 326 g/mol. The number of rotatable bonds is 6. The summed E-state index contributed by atoms with van der Waals surface area (Å²) in [5, 5.41) is 11.7. The van der Waals surface area contributed by atoms with E-state index in [0.29, 0.717) is 12.8 Å². The third-order valence-corrected chi connectivity index (χ3v) is 4.03. The molecule has 1 saturated carbocycles. The minimum Gasteiger partial charge on any atom is -0.480 e. The second kappa shape index (κ2) is 6.19. The number of hydrogen-bond acceptors (Lipinski definition) is 2. The van der Waals surface area contributed by atoms with Crippen molar-refractivity contribution in [2.75, 3.05) is 0 Å². The minimum absolute atomic E-state index is 0.116. The first-order chi connectivity index (χ1) is 9.08. The molecule has 2 N–H and O–H groups in total. The van der Waals surface area contributed by atoms with Gasteiger partial charge in [0.1, 0.15) is 6.04 Å². The molecule has 1 unspecified atom stereocenters. The number of carbonyl (C=O) groups is 2. The van der Waals surface area contributed by atoms with Crippen LogP contribution in [0.3, 0.4) is 0 Å². The SMILES string of the molecule is O=C(CCc1ccccc1Br)NC(C(=O)O)C1CC1. The predicted octanol–water partition coefficient (Wildman–Crippen LogP) is 2.36. The molecule has 1 aromatic rings. The molecule has 0 saturated heterocycles. The Morgan fingerprint density at radius 2 is 2.05 bits per heavy atom. The highest BCUT2D eigenvalue weighted by Gasteiger charge is 2.37. The molecule has 5 heteroatoms. The molecule has 1 aliphatic rings. The number of amides is 1. The van der Waals surface area contributed by atoms with E-state index < -0.39 is 12.0 Å². The first-order valence-electron chi connectivity index (χ1n) is 6.33. The molecule has 2 rings (SSSR count). The van der Waals surface area contributed by atoms with E-state index in [-0.39, 0.29) is 11.8 Å². The summed E-state index contributed by atoms with van der Waals surface area (Å²) in [7, 11) is 0. The van der Waals surface area contributed by atoms with Crippen LogP contribution in [-0.2, 0) is 16.0 Å². The van der Waals surface area contributed by atoms with Crippen LogP contribution in [0.15, 0.2) is 28.7 Å². The van der Waals surface area contributed by atoms with Crippen LogP contribution in [0.25, 0.3) is 0 Å². The Labute approximate surface area is 120 Å². The molecule has 102 valence electrons. The van der Waals surface area contributed by atoms with Crippen LogP contribution in [0.5, 0.6) is 0 Å². The summed E-state index contributed by atoms with van der Waals surface area (Å²) in [6, 6.07) is 7.00. The quantitative estimate of drug-likeness (QED) is 0.843. The normalized spacial score (nSPS) is 15.8. The summed E-state index contributed by atoms with van der Waals surface area (Å²) in [5.41, 5.74) is 1.05. The van der Waals surface area contributed by atoms with Gasteiger partial charge in [-0.1, -0.05) is 34.1 Å². The number of benzene rings is 1. The highest BCUT2D eigenvalue weighted by atomic mass is 79.9. The van der Waals surface area contributed by atoms with Gasteiger partial charge >= 0.3 is 5.97 Å². The lowest BCUT2D eigenvalue weighted by Gasteiger charge is -2.13. The van der Waals surface area contributed by atoms with Crippen molar-refractivity contribution in [1.82, 2.24) is 5.32 Å². The van der Waals surface area contributed by atoms with Gasteiger partial charge in [0.05, 0.1) is 0 Å². The van der Waals surface area contributed by atoms with E-state index in [1.165, 1.54) is 0 Å². The summed E-state index contributed by atoms with van der Waals surface area (Å²) in [5.74, 6) is -1.02. The van der Waals surface area contributed by atoms with Crippen LogP contribution in [-0.4, -0.2) is 23.0 Å². The fraction of sp³-hybridized carbons (Fsp3) is 0.429. The Balaban J connectivity index is 1.84. The summed E-state index contributed by atoms with van der Waals surface area (Å²) >= 11 is 3.43. The highest BCUT2D eigenvalue weighted by molar-refractivity contribution is 9.10. The zero-order valence-electron chi connectivity index (χ0n) is 10.4. The van der Waals surface area contributed by atoms with Gasteiger partial charge in [0.15, 0.2) is 0 Å². The van der Waals surface area contributed by atoms with Crippen molar-refractivity contribution in [2.24, 2.45) is 5.92 Å². The van der Waals surface area contributed by atoms with Crippen molar-refractivity contribution in [3.8, 4) is 0 Å². The van der Waals surface area contributed by atoms with Crippen molar-refractivity contribution in [2.45, 2.75) is 31.7 Å². The van der Waals surface area contributed by atoms with Crippen molar-refractivity contribution in [3.05, 3.63) is 34.3 Å². The highest BCUT2D eigenvalue weighted by Crippen LogP contribution is 2.32. The van der Waals surface area contributed by atoms with Crippen LogP contribution >= 0.6 is 15.9 Å². The van der Waals surface area contributed by atoms with E-state index >= 15 is 0 Å². The van der Waals surface area contributed by atoms with Crippen LogP contribution in [0.4, 0.5) is 0 Å². The van der Waals surface area contributed by atoms with Gasteiger partial charge in [-0.15, -0.1) is 0 Å². The number of aliphatic carboxylic acids is 1. The Kier molecular flexibility index (Phi) is 4.58. The predicted molar refractivity (Wildman–Crippen MR) is 74.8 cm³/mol. The van der Waals surface area contributed by atoms with Crippen molar-refractivity contribution in [3.63, 3.8) is 0 Å². The maximum absolute atomic E-state index is 11.8. The van der Waals surface area contributed by atoms with Gasteiger partial charge in [-0.05, 0) is 36.8 Å². The van der Waals surface area contributed by atoms with Crippen LogP contribution in [0.1, 0.15) is 24.8 Å². The van der Waals surface area contributed by atoms with Crippen molar-refractivity contribution in [1.29, 1.82) is 0 Å². The maximum Gasteiger partial charge on any atom is 0.326 e. The van der Waals surface area contributed by atoms with Gasteiger partial charge in [0, 0.05) is 10.9 Å². The number of aryl methyl sites for hydroxylation is 1. The number of carboxylic acid groups (broad SMARTS) is 1. The zero-order valence-corrected chi connectivity index (χ0v) is 12.0. The number of carbonyl (C=O) groups excluding carboxylic acids is 1. The lowest BCUT2D eigenvalue weighted by atomic mass is 10.1. The fourth-order valence-electron chi connectivity index (χ4n) is 2.01. The van der Waals surface area contributed by atoms with Crippen LogP contribution in [0.2, 0.25) is 0 Å². The Morgan fingerprint density at radius 3 is 2.63 bits per heavy atom. The molecule has 0 radical (unpaired) electrons. The number of halogens is 1. The zero-order chi connectivity index (χ0) is 13.8. The van der Waals surface area contributed by atoms with Gasteiger partial charge in [-0.2, -0.15) is 0 Å². The molecule has 1 fully saturated rings. The lowest BCUT2D eigenvalue weighted by molar-refractivity contribution is -0.142. The molecule has 0 heterocycles. The van der Waals surface area contributed by atoms with E-state index in [9.17, 15) is 9.59 Å². The first kappa shape index (κ1) is 14.1. The fourth-order valence-corrected chi connectivity index (χ4v) is 2.49. The summed E-state index contributed by atoms with van der Waals surface area (Å²) < 4.78 is 0.972. The lowest BCUT2D eigenvalue weighted by Crippen LogP contribution is -2.42. The first-order valence-corrected chi connectivity index (χ1v) is 7.13. The summed E-state index contributed by atoms with van der Waals surface area (Å²) in [6.45, 7) is 0. The monoisotopic (exact) mass is 325 g/mol. The topological polar surface area (TPSA) is 66.4 Å². The summed E-state index contributed by atoms with van der Waals surface area (Å²) in [4.78, 5) is 22.8. The number of hydrogen-bond donors (Lipinski definition) is 2. The maximum atomic E-state index is 11.8. The third-order valence-electron chi connectivity index (χ3n) is 3.26. The molecule has 0 aromatic heterocycles. The second-order valence-corrected chi connectivity index (χ2v) is 5.67. The average Bonchev–Trinajstić information content (AvgIpc) is 3.19. The summed E-state index contributed by atoms with van der Waals surface area (Å²) in [6.07, 6.45) is 2.69. The molecule has 1 amide bonds. The van der Waals surface area contributed by atoms with Gasteiger partial charge in [0.2, 0.25) is 5.91 Å². The third kappa shape index (κ3) is 4.06. The Hall–Kier alpha value is -1.36. The molecule has 1 aliphatic carbocycles. The number of nitrogens with one attached hydrogen (secondary N) is 1. The number of carboxylic acids is 1. The Morgan fingerprint density at radius 1 is 1.37 bits per heavy atom. The molecule has 1 atom stereocenters. The minimum atomic E-state index is -0.934. The van der Waals surface area contributed by atoms with E-state index in [1.54, 1.807) is 0 Å². The Bertz CT molecular complexity index is 485. The molecule has 4 nitrogen and oxygen atoms in total. The van der Waals surface area contributed by atoms with Crippen molar-refractivity contribution < 1.29 is 14.7 Å². The molecular formula is C14H16BrNO3. The molecule has 0 aliphatic heterocycles. The molecule has 1 aromatic carbocycles. The molecule has 19 heavy (non-hydrogen) atoms.